The molecule has 1 fully saturated rings. The van der Waals surface area contributed by atoms with Crippen LogP contribution in [0.3, 0.4) is 0 Å². The van der Waals surface area contributed by atoms with Gasteiger partial charge in [-0.25, -0.2) is 13.6 Å². The van der Waals surface area contributed by atoms with Gasteiger partial charge in [0, 0.05) is 6.54 Å². The number of amides is 1. The van der Waals surface area contributed by atoms with E-state index in [-0.39, 0.29) is 18.7 Å². The Morgan fingerprint density at radius 3 is 2.76 bits per heavy atom. The van der Waals surface area contributed by atoms with Crippen LogP contribution in [0.5, 0.6) is 0 Å². The van der Waals surface area contributed by atoms with Crippen molar-refractivity contribution in [3.8, 4) is 0 Å². The fourth-order valence-corrected chi connectivity index (χ4v) is 2.49. The van der Waals surface area contributed by atoms with Gasteiger partial charge in [-0.2, -0.15) is 0 Å². The molecular formula is C15H17F2NO3. The molecule has 21 heavy (non-hydrogen) atoms. The summed E-state index contributed by atoms with van der Waals surface area (Å²) in [6, 6.07) is 1.56. The van der Waals surface area contributed by atoms with E-state index in [1.54, 1.807) is 6.92 Å². The number of benzene rings is 1. The lowest BCUT2D eigenvalue weighted by molar-refractivity contribution is -0.147. The molecule has 1 amide bonds. The standard InChI is InChI=1S/C15H17F2NO3/c1-3-21-15(20)11-5-4-8-18(11)14(19)12-10(16)7-6-9(2)13(12)17/h6-7,11H,3-5,8H2,1-2H3. The molecule has 0 radical (unpaired) electrons. The summed E-state index contributed by atoms with van der Waals surface area (Å²) in [7, 11) is 0. The Kier molecular flexibility index (Phi) is 4.55. The van der Waals surface area contributed by atoms with Crippen molar-refractivity contribution in [2.75, 3.05) is 13.2 Å². The number of ether oxygens (including phenoxy) is 1. The van der Waals surface area contributed by atoms with E-state index in [4.69, 9.17) is 4.74 Å². The highest BCUT2D eigenvalue weighted by Crippen LogP contribution is 2.25. The highest BCUT2D eigenvalue weighted by atomic mass is 19.1. The van der Waals surface area contributed by atoms with Crippen LogP contribution in [0.4, 0.5) is 8.78 Å². The number of hydrogen-bond acceptors (Lipinski definition) is 3. The number of carbonyl (C=O) groups is 2. The first-order valence-electron chi connectivity index (χ1n) is 6.89. The molecule has 1 atom stereocenters. The van der Waals surface area contributed by atoms with Crippen molar-refractivity contribution < 1.29 is 23.1 Å². The quantitative estimate of drug-likeness (QED) is 0.805. The average molecular weight is 297 g/mol. The first kappa shape index (κ1) is 15.4. The maximum absolute atomic E-state index is 14.0. The Balaban J connectivity index is 2.31. The predicted octanol–water partition coefficient (Wildman–Crippen LogP) is 2.44. The first-order valence-corrected chi connectivity index (χ1v) is 6.89. The molecule has 0 spiro atoms. The fourth-order valence-electron chi connectivity index (χ4n) is 2.49. The molecule has 0 aliphatic carbocycles. The van der Waals surface area contributed by atoms with Crippen LogP contribution in [0.2, 0.25) is 0 Å². The van der Waals surface area contributed by atoms with Gasteiger partial charge in [-0.1, -0.05) is 6.07 Å². The van der Waals surface area contributed by atoms with Crippen LogP contribution in [-0.4, -0.2) is 36.0 Å². The summed E-state index contributed by atoms with van der Waals surface area (Å²) >= 11 is 0. The van der Waals surface area contributed by atoms with E-state index < -0.39 is 35.1 Å². The second kappa shape index (κ2) is 6.20. The van der Waals surface area contributed by atoms with Crippen molar-refractivity contribution in [1.82, 2.24) is 4.90 Å². The minimum Gasteiger partial charge on any atom is -0.464 e. The maximum atomic E-state index is 14.0. The van der Waals surface area contributed by atoms with Gasteiger partial charge in [-0.15, -0.1) is 0 Å². The maximum Gasteiger partial charge on any atom is 0.328 e. The van der Waals surface area contributed by atoms with E-state index in [2.05, 4.69) is 0 Å². The minimum atomic E-state index is -0.919. The van der Waals surface area contributed by atoms with Crippen LogP contribution in [0, 0.1) is 18.6 Å². The van der Waals surface area contributed by atoms with Crippen LogP contribution < -0.4 is 0 Å². The zero-order valence-electron chi connectivity index (χ0n) is 12.0. The van der Waals surface area contributed by atoms with E-state index >= 15 is 0 Å². The highest BCUT2D eigenvalue weighted by Gasteiger charge is 2.37. The summed E-state index contributed by atoms with van der Waals surface area (Å²) in [5.41, 5.74) is -0.419. The second-order valence-corrected chi connectivity index (χ2v) is 4.96. The molecule has 114 valence electrons. The highest BCUT2D eigenvalue weighted by molar-refractivity contribution is 5.97. The van der Waals surface area contributed by atoms with E-state index in [0.717, 1.165) is 6.07 Å². The molecule has 1 aliphatic heterocycles. The Morgan fingerprint density at radius 1 is 1.38 bits per heavy atom. The van der Waals surface area contributed by atoms with Gasteiger partial charge in [-0.05, 0) is 38.3 Å². The summed E-state index contributed by atoms with van der Waals surface area (Å²) in [5.74, 6) is -3.13. The SMILES string of the molecule is CCOC(=O)C1CCCN1C(=O)c1c(F)ccc(C)c1F. The van der Waals surface area contributed by atoms with Crippen LogP contribution in [0.15, 0.2) is 12.1 Å². The molecule has 6 heteroatoms. The third kappa shape index (κ3) is 2.89. The van der Waals surface area contributed by atoms with Crippen molar-refractivity contribution >= 4 is 11.9 Å². The monoisotopic (exact) mass is 297 g/mol. The smallest absolute Gasteiger partial charge is 0.328 e. The molecule has 0 N–H and O–H groups in total. The van der Waals surface area contributed by atoms with Crippen LogP contribution in [-0.2, 0) is 9.53 Å². The predicted molar refractivity (Wildman–Crippen MR) is 71.8 cm³/mol. The minimum absolute atomic E-state index is 0.187. The normalized spacial score (nSPS) is 17.9. The molecule has 4 nitrogen and oxygen atoms in total. The molecule has 0 saturated carbocycles. The van der Waals surface area contributed by atoms with Crippen LogP contribution in [0.1, 0.15) is 35.7 Å². The van der Waals surface area contributed by atoms with Crippen molar-refractivity contribution in [3.63, 3.8) is 0 Å². The zero-order chi connectivity index (χ0) is 15.6. The molecular weight excluding hydrogens is 280 g/mol. The molecule has 1 saturated heterocycles. The molecule has 1 aromatic carbocycles. The second-order valence-electron chi connectivity index (χ2n) is 4.96. The van der Waals surface area contributed by atoms with E-state index in [1.165, 1.54) is 17.9 Å². The lowest BCUT2D eigenvalue weighted by atomic mass is 10.1. The lowest BCUT2D eigenvalue weighted by Gasteiger charge is -2.23. The Hall–Kier alpha value is -1.98. The van der Waals surface area contributed by atoms with E-state index in [9.17, 15) is 18.4 Å². The van der Waals surface area contributed by atoms with Crippen molar-refractivity contribution in [2.24, 2.45) is 0 Å². The molecule has 2 rings (SSSR count). The molecule has 1 aromatic rings. The topological polar surface area (TPSA) is 46.6 Å². The number of likely N-dealkylation sites (tertiary alicyclic amines) is 1. The van der Waals surface area contributed by atoms with Gasteiger partial charge in [0.2, 0.25) is 0 Å². The number of nitrogens with zero attached hydrogens (tertiary/aromatic N) is 1. The average Bonchev–Trinajstić information content (AvgIpc) is 2.93. The molecule has 0 bridgehead atoms. The Morgan fingerprint density at radius 2 is 2.10 bits per heavy atom. The summed E-state index contributed by atoms with van der Waals surface area (Å²) < 4.78 is 32.8. The van der Waals surface area contributed by atoms with Gasteiger partial charge in [-0.3, -0.25) is 4.79 Å². The lowest BCUT2D eigenvalue weighted by Crippen LogP contribution is -2.42. The van der Waals surface area contributed by atoms with Crippen LogP contribution >= 0.6 is 0 Å². The number of aryl methyl sites for hydroxylation is 1. The summed E-state index contributed by atoms with van der Waals surface area (Å²) in [5, 5.41) is 0. The van der Waals surface area contributed by atoms with Crippen molar-refractivity contribution in [1.29, 1.82) is 0 Å². The van der Waals surface area contributed by atoms with Gasteiger partial charge in [0.25, 0.3) is 5.91 Å². The third-order valence-corrected chi connectivity index (χ3v) is 3.57. The van der Waals surface area contributed by atoms with E-state index in [0.29, 0.717) is 12.8 Å². The van der Waals surface area contributed by atoms with Gasteiger partial charge >= 0.3 is 5.97 Å². The van der Waals surface area contributed by atoms with Crippen LogP contribution in [0.25, 0.3) is 0 Å². The van der Waals surface area contributed by atoms with Gasteiger partial charge in [0.15, 0.2) is 0 Å². The summed E-state index contributed by atoms with van der Waals surface area (Å²) in [4.78, 5) is 25.4. The molecule has 0 aromatic heterocycles. The van der Waals surface area contributed by atoms with Crippen molar-refractivity contribution in [2.45, 2.75) is 32.7 Å². The number of esters is 1. The first-order chi connectivity index (χ1) is 9.97. The van der Waals surface area contributed by atoms with Crippen molar-refractivity contribution in [3.05, 3.63) is 34.9 Å². The molecule has 1 unspecified atom stereocenters. The summed E-state index contributed by atoms with van der Waals surface area (Å²) in [6.45, 7) is 3.61. The number of halogens is 2. The largest absolute Gasteiger partial charge is 0.464 e. The Bertz CT molecular complexity index is 574. The number of carbonyl (C=O) groups excluding carboxylic acids is 2. The van der Waals surface area contributed by atoms with Gasteiger partial charge in [0.1, 0.15) is 23.2 Å². The zero-order valence-corrected chi connectivity index (χ0v) is 12.0. The number of hydrogen-bond donors (Lipinski definition) is 0. The molecule has 1 heterocycles. The third-order valence-electron chi connectivity index (χ3n) is 3.57. The Labute approximate surface area is 121 Å². The van der Waals surface area contributed by atoms with E-state index in [1.807, 2.05) is 0 Å². The van der Waals surface area contributed by atoms with Gasteiger partial charge in [0.05, 0.1) is 6.61 Å². The number of rotatable bonds is 3. The fraction of sp³-hybridized carbons (Fsp3) is 0.467. The summed E-state index contributed by atoms with van der Waals surface area (Å²) in [6.07, 6.45) is 1.05. The van der Waals surface area contributed by atoms with Gasteiger partial charge < -0.3 is 9.64 Å². The molecule has 1 aliphatic rings.